The highest BCUT2D eigenvalue weighted by atomic mass is 16.4. The van der Waals surface area contributed by atoms with Crippen molar-refractivity contribution < 1.29 is 9.90 Å². The van der Waals surface area contributed by atoms with Crippen LogP contribution in [0.15, 0.2) is 36.8 Å². The van der Waals surface area contributed by atoms with Crippen molar-refractivity contribution in [1.29, 1.82) is 0 Å². The molecule has 0 aliphatic carbocycles. The van der Waals surface area contributed by atoms with E-state index in [4.69, 9.17) is 5.11 Å². The predicted octanol–water partition coefficient (Wildman–Crippen LogP) is 1.92. The highest BCUT2D eigenvalue weighted by molar-refractivity contribution is 5.84. The van der Waals surface area contributed by atoms with Crippen molar-refractivity contribution in [3.8, 4) is 0 Å². The van der Waals surface area contributed by atoms with Gasteiger partial charge in [-0.1, -0.05) is 6.07 Å². The van der Waals surface area contributed by atoms with Gasteiger partial charge in [-0.15, -0.1) is 0 Å². The second-order valence-corrected chi connectivity index (χ2v) is 4.56. The highest BCUT2D eigenvalue weighted by Gasteiger charge is 2.22. The van der Waals surface area contributed by atoms with Crippen LogP contribution in [0.3, 0.4) is 0 Å². The average molecular weight is 258 g/mol. The number of aromatic nitrogens is 3. The van der Waals surface area contributed by atoms with Gasteiger partial charge >= 0.3 is 5.97 Å². The van der Waals surface area contributed by atoms with Crippen molar-refractivity contribution in [1.82, 2.24) is 15.0 Å². The Kier molecular flexibility index (Phi) is 3.41. The van der Waals surface area contributed by atoms with Crippen LogP contribution in [0.25, 0.3) is 0 Å². The van der Waals surface area contributed by atoms with Gasteiger partial charge in [0.1, 0.15) is 5.82 Å². The standard InChI is InChI=1S/C13H14N4O2/c1-13(2,10-5-3-4-6-14-10)17-11-8-15-9(7-16-11)12(18)19/h3-8H,1-2H3,(H,16,17)(H,18,19). The number of carboxylic acid groups (broad SMARTS) is 1. The minimum atomic E-state index is -1.09. The maximum absolute atomic E-state index is 10.7. The van der Waals surface area contributed by atoms with Gasteiger partial charge in [0.2, 0.25) is 0 Å². The molecule has 19 heavy (non-hydrogen) atoms. The molecule has 0 saturated heterocycles. The molecule has 0 aromatic carbocycles. The SMILES string of the molecule is CC(C)(Nc1cnc(C(=O)O)cn1)c1ccccn1. The lowest BCUT2D eigenvalue weighted by Gasteiger charge is -2.26. The number of nitrogens with zero attached hydrogens (tertiary/aromatic N) is 3. The van der Waals surface area contributed by atoms with Crippen molar-refractivity contribution in [2.24, 2.45) is 0 Å². The zero-order valence-corrected chi connectivity index (χ0v) is 10.7. The third-order valence-corrected chi connectivity index (χ3v) is 2.62. The van der Waals surface area contributed by atoms with Gasteiger partial charge in [0, 0.05) is 6.20 Å². The molecule has 6 heteroatoms. The summed E-state index contributed by atoms with van der Waals surface area (Å²) in [5.41, 5.74) is 0.348. The number of rotatable bonds is 4. The summed E-state index contributed by atoms with van der Waals surface area (Å²) in [6.07, 6.45) is 4.34. The number of carbonyl (C=O) groups is 1. The Morgan fingerprint density at radius 1 is 1.21 bits per heavy atom. The van der Waals surface area contributed by atoms with E-state index in [1.165, 1.54) is 12.4 Å². The third kappa shape index (κ3) is 3.04. The van der Waals surface area contributed by atoms with Gasteiger partial charge in [0.15, 0.2) is 5.69 Å². The van der Waals surface area contributed by atoms with Crippen molar-refractivity contribution in [2.45, 2.75) is 19.4 Å². The maximum atomic E-state index is 10.7. The fourth-order valence-electron chi connectivity index (χ4n) is 1.62. The quantitative estimate of drug-likeness (QED) is 0.871. The molecule has 0 radical (unpaired) electrons. The lowest BCUT2D eigenvalue weighted by Crippen LogP contribution is -2.29. The van der Waals surface area contributed by atoms with Crippen LogP contribution < -0.4 is 5.32 Å². The first kappa shape index (κ1) is 12.9. The summed E-state index contributed by atoms with van der Waals surface area (Å²) in [6.45, 7) is 3.92. The lowest BCUT2D eigenvalue weighted by atomic mass is 10.00. The van der Waals surface area contributed by atoms with Crippen LogP contribution in [0, 0.1) is 0 Å². The molecule has 0 saturated carbocycles. The number of anilines is 1. The van der Waals surface area contributed by atoms with Crippen molar-refractivity contribution in [3.05, 3.63) is 48.2 Å². The van der Waals surface area contributed by atoms with Crippen LogP contribution in [0.2, 0.25) is 0 Å². The fourth-order valence-corrected chi connectivity index (χ4v) is 1.62. The molecule has 0 bridgehead atoms. The van der Waals surface area contributed by atoms with E-state index in [2.05, 4.69) is 20.3 Å². The van der Waals surface area contributed by atoms with E-state index in [1.807, 2.05) is 32.0 Å². The van der Waals surface area contributed by atoms with Gasteiger partial charge in [0.05, 0.1) is 23.6 Å². The molecule has 0 spiro atoms. The van der Waals surface area contributed by atoms with E-state index in [0.29, 0.717) is 5.82 Å². The van der Waals surface area contributed by atoms with Crippen LogP contribution in [0.1, 0.15) is 30.0 Å². The van der Waals surface area contributed by atoms with E-state index >= 15 is 0 Å². The number of nitrogens with one attached hydrogen (secondary N) is 1. The third-order valence-electron chi connectivity index (χ3n) is 2.62. The van der Waals surface area contributed by atoms with Crippen molar-refractivity contribution >= 4 is 11.8 Å². The van der Waals surface area contributed by atoms with Crippen LogP contribution in [-0.2, 0) is 5.54 Å². The molecule has 6 nitrogen and oxygen atoms in total. The maximum Gasteiger partial charge on any atom is 0.356 e. The van der Waals surface area contributed by atoms with E-state index in [1.54, 1.807) is 6.20 Å². The Morgan fingerprint density at radius 2 is 2.00 bits per heavy atom. The molecule has 0 aliphatic rings. The number of hydrogen-bond donors (Lipinski definition) is 2. The van der Waals surface area contributed by atoms with Gasteiger partial charge in [-0.25, -0.2) is 14.8 Å². The molecule has 2 rings (SSSR count). The molecule has 2 aromatic rings. The lowest BCUT2D eigenvalue weighted by molar-refractivity contribution is 0.0690. The zero-order valence-electron chi connectivity index (χ0n) is 10.7. The number of aromatic carboxylic acids is 1. The van der Waals surface area contributed by atoms with Gasteiger partial charge in [0.25, 0.3) is 0 Å². The first-order valence-electron chi connectivity index (χ1n) is 5.74. The van der Waals surface area contributed by atoms with Gasteiger partial charge in [-0.05, 0) is 26.0 Å². The number of carboxylic acids is 1. The number of pyridine rings is 1. The summed E-state index contributed by atoms with van der Waals surface area (Å²) in [4.78, 5) is 22.8. The molecule has 2 heterocycles. The second kappa shape index (κ2) is 5.01. The minimum absolute atomic E-state index is 0.0822. The van der Waals surface area contributed by atoms with E-state index in [9.17, 15) is 4.79 Å². The Balaban J connectivity index is 2.18. The van der Waals surface area contributed by atoms with E-state index < -0.39 is 11.5 Å². The minimum Gasteiger partial charge on any atom is -0.476 e. The Hall–Kier alpha value is -2.50. The molecule has 0 atom stereocenters. The number of hydrogen-bond acceptors (Lipinski definition) is 5. The van der Waals surface area contributed by atoms with Gasteiger partial charge in [-0.3, -0.25) is 4.98 Å². The van der Waals surface area contributed by atoms with Crippen molar-refractivity contribution in [2.75, 3.05) is 5.32 Å². The monoisotopic (exact) mass is 258 g/mol. The molecule has 0 unspecified atom stereocenters. The summed E-state index contributed by atoms with van der Waals surface area (Å²) in [5, 5.41) is 11.9. The summed E-state index contributed by atoms with van der Waals surface area (Å²) < 4.78 is 0. The van der Waals surface area contributed by atoms with Crippen LogP contribution in [0.5, 0.6) is 0 Å². The summed E-state index contributed by atoms with van der Waals surface area (Å²) in [5.74, 6) is -0.594. The molecule has 98 valence electrons. The summed E-state index contributed by atoms with van der Waals surface area (Å²) in [6, 6.07) is 5.66. The van der Waals surface area contributed by atoms with Gasteiger partial charge in [-0.2, -0.15) is 0 Å². The molecular weight excluding hydrogens is 244 g/mol. The Morgan fingerprint density at radius 3 is 2.53 bits per heavy atom. The zero-order chi connectivity index (χ0) is 13.9. The van der Waals surface area contributed by atoms with Crippen LogP contribution >= 0.6 is 0 Å². The molecular formula is C13H14N4O2. The van der Waals surface area contributed by atoms with E-state index in [-0.39, 0.29) is 5.69 Å². The topological polar surface area (TPSA) is 88.0 Å². The largest absolute Gasteiger partial charge is 0.476 e. The molecule has 2 aromatic heterocycles. The summed E-state index contributed by atoms with van der Waals surface area (Å²) >= 11 is 0. The predicted molar refractivity (Wildman–Crippen MR) is 69.9 cm³/mol. The highest BCUT2D eigenvalue weighted by Crippen LogP contribution is 2.22. The van der Waals surface area contributed by atoms with Crippen LogP contribution in [0.4, 0.5) is 5.82 Å². The first-order valence-corrected chi connectivity index (χ1v) is 5.74. The average Bonchev–Trinajstić information content (AvgIpc) is 2.40. The van der Waals surface area contributed by atoms with Crippen molar-refractivity contribution in [3.63, 3.8) is 0 Å². The smallest absolute Gasteiger partial charge is 0.356 e. The van der Waals surface area contributed by atoms with Gasteiger partial charge < -0.3 is 10.4 Å². The van der Waals surface area contributed by atoms with E-state index in [0.717, 1.165) is 5.69 Å². The molecule has 2 N–H and O–H groups in total. The van der Waals surface area contributed by atoms with Crippen LogP contribution in [-0.4, -0.2) is 26.0 Å². The molecule has 0 amide bonds. The molecule has 0 aliphatic heterocycles. The fraction of sp³-hybridized carbons (Fsp3) is 0.231. The first-order chi connectivity index (χ1) is 8.99. The molecule has 0 fully saturated rings. The second-order valence-electron chi connectivity index (χ2n) is 4.56. The Labute approximate surface area is 110 Å². The normalized spacial score (nSPS) is 11.1. The Bertz CT molecular complexity index is 567. The summed E-state index contributed by atoms with van der Waals surface area (Å²) in [7, 11) is 0.